The van der Waals surface area contributed by atoms with Gasteiger partial charge in [0, 0.05) is 20.1 Å². The number of likely N-dealkylation sites (tertiary alicyclic amines) is 1. The molecule has 4 nitrogen and oxygen atoms in total. The van der Waals surface area contributed by atoms with Gasteiger partial charge in [0.2, 0.25) is 0 Å². The normalized spacial score (nSPS) is 19.6. The third kappa shape index (κ3) is 5.92. The summed E-state index contributed by atoms with van der Waals surface area (Å²) in [5.41, 5.74) is 1.40. The van der Waals surface area contributed by atoms with Crippen molar-refractivity contribution in [2.75, 3.05) is 33.2 Å². The van der Waals surface area contributed by atoms with Crippen LogP contribution in [0.25, 0.3) is 0 Å². The molecule has 1 saturated carbocycles. The first kappa shape index (κ1) is 19.5. The molecule has 5 heteroatoms. The number of aliphatic imine (C=N–C) groups is 1. The molecule has 1 aliphatic heterocycles. The van der Waals surface area contributed by atoms with Crippen LogP contribution in [0.3, 0.4) is 0 Å². The molecular weight excluding hydrogens is 411 g/mol. The number of nitrogens with zero attached hydrogens (tertiary/aromatic N) is 2. The summed E-state index contributed by atoms with van der Waals surface area (Å²) in [5.74, 6) is 1.90. The maximum absolute atomic E-state index is 4.37. The molecule has 3 rings (SSSR count). The largest absolute Gasteiger partial charge is 0.356 e. The summed E-state index contributed by atoms with van der Waals surface area (Å²) in [4.78, 5) is 6.97. The molecule has 0 bridgehead atoms. The molecule has 2 N–H and O–H groups in total. The Morgan fingerprint density at radius 1 is 1.17 bits per heavy atom. The molecule has 1 unspecified atom stereocenters. The fourth-order valence-corrected chi connectivity index (χ4v) is 3.40. The summed E-state index contributed by atoms with van der Waals surface area (Å²) in [7, 11) is 1.86. The van der Waals surface area contributed by atoms with Crippen LogP contribution >= 0.6 is 24.0 Å². The molecule has 0 spiro atoms. The van der Waals surface area contributed by atoms with E-state index >= 15 is 0 Å². The van der Waals surface area contributed by atoms with Gasteiger partial charge in [0.25, 0.3) is 0 Å². The lowest BCUT2D eigenvalue weighted by molar-refractivity contribution is 0.245. The molecule has 1 aromatic rings. The zero-order valence-electron chi connectivity index (χ0n) is 14.7. The molecule has 1 aromatic carbocycles. The van der Waals surface area contributed by atoms with E-state index in [4.69, 9.17) is 0 Å². The van der Waals surface area contributed by atoms with Crippen molar-refractivity contribution in [3.63, 3.8) is 0 Å². The average molecular weight is 442 g/mol. The number of nitrogens with one attached hydrogen (secondary N) is 2. The highest BCUT2D eigenvalue weighted by atomic mass is 127. The van der Waals surface area contributed by atoms with E-state index in [2.05, 4.69) is 50.9 Å². The van der Waals surface area contributed by atoms with Crippen molar-refractivity contribution in [3.8, 4) is 0 Å². The van der Waals surface area contributed by atoms with Gasteiger partial charge in [0.15, 0.2) is 5.96 Å². The zero-order chi connectivity index (χ0) is 15.9. The lowest BCUT2D eigenvalue weighted by Crippen LogP contribution is -2.43. The number of hydrogen-bond donors (Lipinski definition) is 2. The van der Waals surface area contributed by atoms with Crippen molar-refractivity contribution < 1.29 is 0 Å². The predicted molar refractivity (Wildman–Crippen MR) is 112 cm³/mol. The highest BCUT2D eigenvalue weighted by Crippen LogP contribution is 2.31. The van der Waals surface area contributed by atoms with Gasteiger partial charge in [-0.05, 0) is 43.8 Å². The smallest absolute Gasteiger partial charge is 0.191 e. The highest BCUT2D eigenvalue weighted by Gasteiger charge is 2.24. The first-order chi connectivity index (χ1) is 11.4. The summed E-state index contributed by atoms with van der Waals surface area (Å²) < 4.78 is 0. The first-order valence-electron chi connectivity index (χ1n) is 9.10. The van der Waals surface area contributed by atoms with Crippen molar-refractivity contribution in [1.82, 2.24) is 15.5 Å². The fraction of sp³-hybridized carbons (Fsp3) is 0.632. The van der Waals surface area contributed by atoms with Crippen molar-refractivity contribution in [3.05, 3.63) is 35.9 Å². The summed E-state index contributed by atoms with van der Waals surface area (Å²) >= 11 is 0. The van der Waals surface area contributed by atoms with E-state index in [1.807, 2.05) is 7.05 Å². The number of rotatable bonds is 7. The second-order valence-corrected chi connectivity index (χ2v) is 6.78. The second kappa shape index (κ2) is 10.2. The van der Waals surface area contributed by atoms with Gasteiger partial charge >= 0.3 is 0 Å². The van der Waals surface area contributed by atoms with Crippen LogP contribution in [0.2, 0.25) is 0 Å². The first-order valence-corrected chi connectivity index (χ1v) is 9.10. The van der Waals surface area contributed by atoms with Crippen molar-refractivity contribution in [2.24, 2.45) is 10.9 Å². The lowest BCUT2D eigenvalue weighted by Gasteiger charge is -2.29. The monoisotopic (exact) mass is 442 g/mol. The molecular formula is C19H31IN4. The van der Waals surface area contributed by atoms with E-state index in [-0.39, 0.29) is 24.0 Å². The minimum absolute atomic E-state index is 0. The molecule has 1 aliphatic carbocycles. The van der Waals surface area contributed by atoms with E-state index in [0.717, 1.165) is 25.0 Å². The van der Waals surface area contributed by atoms with Crippen molar-refractivity contribution in [1.29, 1.82) is 0 Å². The van der Waals surface area contributed by atoms with E-state index in [1.54, 1.807) is 0 Å². The minimum Gasteiger partial charge on any atom is -0.356 e. The van der Waals surface area contributed by atoms with Gasteiger partial charge in [-0.2, -0.15) is 0 Å². The Kier molecular flexibility index (Phi) is 8.32. The van der Waals surface area contributed by atoms with Crippen LogP contribution in [0.4, 0.5) is 0 Å². The van der Waals surface area contributed by atoms with Crippen LogP contribution in [-0.4, -0.2) is 44.1 Å². The Morgan fingerprint density at radius 2 is 1.88 bits per heavy atom. The van der Waals surface area contributed by atoms with Gasteiger partial charge in [0.1, 0.15) is 0 Å². The maximum atomic E-state index is 4.37. The molecule has 2 fully saturated rings. The Morgan fingerprint density at radius 3 is 2.50 bits per heavy atom. The fourth-order valence-electron chi connectivity index (χ4n) is 3.40. The van der Waals surface area contributed by atoms with E-state index < -0.39 is 0 Å². The number of halogens is 1. The van der Waals surface area contributed by atoms with Crippen LogP contribution in [0.15, 0.2) is 35.3 Å². The quantitative estimate of drug-likeness (QED) is 0.386. The lowest BCUT2D eigenvalue weighted by atomic mass is 10.1. The molecule has 0 aromatic heterocycles. The maximum Gasteiger partial charge on any atom is 0.191 e. The van der Waals surface area contributed by atoms with E-state index in [1.165, 1.54) is 50.8 Å². The van der Waals surface area contributed by atoms with Crippen molar-refractivity contribution in [2.45, 2.75) is 38.1 Å². The third-order valence-corrected chi connectivity index (χ3v) is 4.99. The van der Waals surface area contributed by atoms with Gasteiger partial charge in [-0.25, -0.2) is 0 Å². The second-order valence-electron chi connectivity index (χ2n) is 6.78. The van der Waals surface area contributed by atoms with Crippen LogP contribution in [0, 0.1) is 5.92 Å². The van der Waals surface area contributed by atoms with Crippen LogP contribution in [0.5, 0.6) is 0 Å². The van der Waals surface area contributed by atoms with Gasteiger partial charge in [-0.1, -0.05) is 43.2 Å². The summed E-state index contributed by atoms with van der Waals surface area (Å²) in [6.45, 7) is 4.35. The van der Waals surface area contributed by atoms with Crippen LogP contribution < -0.4 is 10.6 Å². The summed E-state index contributed by atoms with van der Waals surface area (Å²) in [5, 5.41) is 6.99. The van der Waals surface area contributed by atoms with E-state index in [9.17, 15) is 0 Å². The Bertz CT molecular complexity index is 495. The molecule has 0 amide bonds. The molecule has 24 heavy (non-hydrogen) atoms. The van der Waals surface area contributed by atoms with Crippen LogP contribution in [0.1, 0.15) is 43.7 Å². The van der Waals surface area contributed by atoms with Gasteiger partial charge in [-0.3, -0.25) is 9.89 Å². The van der Waals surface area contributed by atoms with Crippen molar-refractivity contribution >= 4 is 29.9 Å². The molecule has 134 valence electrons. The molecule has 1 atom stereocenters. The predicted octanol–water partition coefficient (Wildman–Crippen LogP) is 3.41. The summed E-state index contributed by atoms with van der Waals surface area (Å²) in [6, 6.07) is 11.3. The topological polar surface area (TPSA) is 39.7 Å². The molecule has 1 saturated heterocycles. The van der Waals surface area contributed by atoms with Gasteiger partial charge in [-0.15, -0.1) is 24.0 Å². The number of benzene rings is 1. The highest BCUT2D eigenvalue weighted by molar-refractivity contribution is 14.0. The standard InChI is InChI=1S/C19H30N4.HI/c1-20-19(21-12-11-16-9-10-16)22-15-18(23-13-5-6-14-23)17-7-3-2-4-8-17;/h2-4,7-8,16,18H,5-6,9-15H2,1H3,(H2,20,21,22);1H. The Balaban J connectivity index is 0.00000208. The Labute approximate surface area is 163 Å². The zero-order valence-corrected chi connectivity index (χ0v) is 17.0. The SMILES string of the molecule is CN=C(NCCC1CC1)NCC(c1ccccc1)N1CCCC1.I. The molecule has 2 aliphatic rings. The summed E-state index contributed by atoms with van der Waals surface area (Å²) in [6.07, 6.45) is 6.74. The number of guanidine groups is 1. The Hall–Kier alpha value is -0.820. The number of hydrogen-bond acceptors (Lipinski definition) is 2. The van der Waals surface area contributed by atoms with Gasteiger partial charge < -0.3 is 10.6 Å². The molecule has 0 radical (unpaired) electrons. The minimum atomic E-state index is 0. The average Bonchev–Trinajstić information content (AvgIpc) is 3.26. The van der Waals surface area contributed by atoms with Gasteiger partial charge in [0.05, 0.1) is 6.04 Å². The van der Waals surface area contributed by atoms with Crippen LogP contribution in [-0.2, 0) is 0 Å². The molecule has 1 heterocycles. The van der Waals surface area contributed by atoms with E-state index in [0.29, 0.717) is 6.04 Å². The third-order valence-electron chi connectivity index (χ3n) is 4.99.